The summed E-state index contributed by atoms with van der Waals surface area (Å²) in [4.78, 5) is 52.8. The smallest absolute Gasteiger partial charge is 0.417 e. The summed E-state index contributed by atoms with van der Waals surface area (Å²) >= 11 is 0. The Balaban J connectivity index is 1.77. The number of allylic oxidation sites excluding steroid dienone is 1. The van der Waals surface area contributed by atoms with E-state index in [0.29, 0.717) is 11.1 Å². The Morgan fingerprint density at radius 1 is 0.907 bits per heavy atom. The van der Waals surface area contributed by atoms with Crippen molar-refractivity contribution in [2.45, 2.75) is 33.4 Å². The van der Waals surface area contributed by atoms with Crippen molar-refractivity contribution in [2.24, 2.45) is 5.73 Å². The molecule has 0 saturated heterocycles. The molecule has 222 valence electrons. The Labute approximate surface area is 249 Å². The van der Waals surface area contributed by atoms with Gasteiger partial charge in [-0.15, -0.1) is 0 Å². The number of carbonyl (C=O) groups is 4. The number of nitrogens with one attached hydrogen (secondary N) is 1. The summed E-state index contributed by atoms with van der Waals surface area (Å²) < 4.78 is 15.9. The topological polar surface area (TPSA) is 149 Å². The molecular weight excluding hydrogens is 550 g/mol. The van der Waals surface area contributed by atoms with Crippen LogP contribution in [0, 0.1) is 5.41 Å². The lowest BCUT2D eigenvalue weighted by atomic mass is 10.1. The third-order valence-corrected chi connectivity index (χ3v) is 6.04. The van der Waals surface area contributed by atoms with E-state index < -0.39 is 30.0 Å². The lowest BCUT2D eigenvalue weighted by Crippen LogP contribution is -2.49. The van der Waals surface area contributed by atoms with E-state index in [4.69, 9.17) is 25.4 Å². The number of carbonyl (C=O) groups excluding carboxylic acids is 4. The molecule has 0 saturated carbocycles. The average Bonchev–Trinajstić information content (AvgIpc) is 3.00. The fraction of sp³-hybridized carbons (Fsp3) is 0.182. The third kappa shape index (κ3) is 8.99. The second-order valence-electron chi connectivity index (χ2n) is 9.21. The van der Waals surface area contributed by atoms with E-state index in [1.54, 1.807) is 68.5 Å². The van der Waals surface area contributed by atoms with Gasteiger partial charge in [-0.3, -0.25) is 10.2 Å². The minimum atomic E-state index is -1.36. The largest absolute Gasteiger partial charge is 0.459 e. The minimum Gasteiger partial charge on any atom is -0.459 e. The Morgan fingerprint density at radius 3 is 2.12 bits per heavy atom. The number of benzene rings is 3. The van der Waals surface area contributed by atoms with Crippen LogP contribution in [0.5, 0.6) is 5.75 Å². The number of hydrogen-bond acceptors (Lipinski definition) is 8. The number of nitrogen functional groups attached to an aromatic ring is 1. The number of amides is 2. The summed E-state index contributed by atoms with van der Waals surface area (Å²) in [6.45, 7) is 4.71. The summed E-state index contributed by atoms with van der Waals surface area (Å²) in [5.74, 6) is -1.96. The molecule has 0 fully saturated rings. The van der Waals surface area contributed by atoms with E-state index in [9.17, 15) is 19.2 Å². The number of esters is 2. The van der Waals surface area contributed by atoms with Gasteiger partial charge in [0.05, 0.1) is 12.2 Å². The number of hydrogen-bond donors (Lipinski definition) is 2. The molecule has 0 aliphatic carbocycles. The molecule has 10 heteroatoms. The lowest BCUT2D eigenvalue weighted by molar-refractivity contribution is -0.152. The van der Waals surface area contributed by atoms with Crippen molar-refractivity contribution >= 4 is 35.9 Å². The first kappa shape index (κ1) is 32.0. The van der Waals surface area contributed by atoms with Crippen LogP contribution in [0.2, 0.25) is 0 Å². The fourth-order valence-electron chi connectivity index (χ4n) is 3.87. The summed E-state index contributed by atoms with van der Waals surface area (Å²) in [6.07, 6.45) is 3.47. The zero-order valence-electron chi connectivity index (χ0n) is 24.1. The van der Waals surface area contributed by atoms with Gasteiger partial charge < -0.3 is 19.9 Å². The first-order valence-electron chi connectivity index (χ1n) is 13.4. The van der Waals surface area contributed by atoms with Gasteiger partial charge in [0.25, 0.3) is 5.91 Å². The summed E-state index contributed by atoms with van der Waals surface area (Å²) in [5.41, 5.74) is 7.66. The van der Waals surface area contributed by atoms with Gasteiger partial charge in [0.1, 0.15) is 18.2 Å². The summed E-state index contributed by atoms with van der Waals surface area (Å²) in [6, 6.07) is 20.2. The molecule has 3 rings (SSSR count). The van der Waals surface area contributed by atoms with E-state index in [0.717, 1.165) is 10.5 Å². The molecule has 0 bridgehead atoms. The van der Waals surface area contributed by atoms with E-state index in [2.05, 4.69) is 0 Å². The maximum absolute atomic E-state index is 13.5. The Bertz CT molecular complexity index is 1510. The second kappa shape index (κ2) is 15.5. The molecule has 3 N–H and O–H groups in total. The number of rotatable bonds is 11. The summed E-state index contributed by atoms with van der Waals surface area (Å²) in [7, 11) is 0. The molecule has 10 nitrogen and oxygen atoms in total. The van der Waals surface area contributed by atoms with Gasteiger partial charge in [-0.2, -0.15) is 0 Å². The van der Waals surface area contributed by atoms with E-state index >= 15 is 0 Å². The average molecular weight is 584 g/mol. The van der Waals surface area contributed by atoms with Gasteiger partial charge >= 0.3 is 18.0 Å². The van der Waals surface area contributed by atoms with Gasteiger partial charge in [0.2, 0.25) is 0 Å². The normalized spacial score (nSPS) is 11.8. The standard InChI is InChI=1S/C33H33N3O7/c1-4-9-28(32(39)42-21-24-10-7-6-8-11-24)36(33(40)41-5-2)30(37)22(3)20-23-12-14-26(15-13-23)31(38)43-27-18-16-25(17-19-27)29(34)35/h4,6-20,28H,5,21H2,1-3H3,(H3,34,35). The Kier molecular flexibility index (Phi) is 11.5. The van der Waals surface area contributed by atoms with Crippen LogP contribution in [-0.2, 0) is 25.7 Å². The van der Waals surface area contributed by atoms with Crippen LogP contribution in [0.15, 0.2) is 96.6 Å². The van der Waals surface area contributed by atoms with Crippen molar-refractivity contribution in [2.75, 3.05) is 6.61 Å². The maximum Gasteiger partial charge on any atom is 0.417 e. The molecule has 0 spiro atoms. The predicted molar refractivity (Wildman–Crippen MR) is 161 cm³/mol. The van der Waals surface area contributed by atoms with Gasteiger partial charge in [-0.1, -0.05) is 54.6 Å². The molecule has 3 aromatic carbocycles. The minimum absolute atomic E-state index is 0.00850. The molecular formula is C33H33N3O7. The number of nitrogens with two attached hydrogens (primary N) is 1. The van der Waals surface area contributed by atoms with Crippen molar-refractivity contribution in [3.8, 4) is 5.75 Å². The lowest BCUT2D eigenvalue weighted by Gasteiger charge is -2.26. The molecule has 1 atom stereocenters. The van der Waals surface area contributed by atoms with Crippen LogP contribution < -0.4 is 10.5 Å². The highest BCUT2D eigenvalue weighted by Crippen LogP contribution is 2.18. The van der Waals surface area contributed by atoms with Crippen LogP contribution in [0.4, 0.5) is 4.79 Å². The van der Waals surface area contributed by atoms with E-state index in [1.807, 2.05) is 6.07 Å². The highest BCUT2D eigenvalue weighted by molar-refractivity contribution is 6.07. The van der Waals surface area contributed by atoms with Crippen molar-refractivity contribution < 1.29 is 33.4 Å². The highest BCUT2D eigenvalue weighted by Gasteiger charge is 2.36. The number of imide groups is 1. The van der Waals surface area contributed by atoms with Crippen LogP contribution in [0.3, 0.4) is 0 Å². The molecule has 0 aliphatic heterocycles. The number of ether oxygens (including phenoxy) is 3. The van der Waals surface area contributed by atoms with Gasteiger partial charge in [0.15, 0.2) is 6.04 Å². The van der Waals surface area contributed by atoms with Gasteiger partial charge in [0, 0.05) is 11.1 Å². The van der Waals surface area contributed by atoms with Crippen LogP contribution in [0.1, 0.15) is 47.8 Å². The molecule has 3 aromatic rings. The third-order valence-electron chi connectivity index (χ3n) is 6.04. The van der Waals surface area contributed by atoms with Gasteiger partial charge in [-0.25, -0.2) is 19.3 Å². The van der Waals surface area contributed by atoms with Crippen molar-refractivity contribution in [3.05, 3.63) is 119 Å². The molecule has 0 aromatic heterocycles. The van der Waals surface area contributed by atoms with E-state index in [-0.39, 0.29) is 35.9 Å². The zero-order chi connectivity index (χ0) is 31.4. The SMILES string of the molecule is CC=CC(C(=O)OCc1ccccc1)N(C(=O)OCC)C(=O)C(C)=Cc1ccc(C(=O)Oc2ccc(C(=N)N)cc2)cc1. The number of nitrogens with zero attached hydrogens (tertiary/aromatic N) is 1. The zero-order valence-corrected chi connectivity index (χ0v) is 24.1. The molecule has 1 unspecified atom stereocenters. The van der Waals surface area contributed by atoms with Gasteiger partial charge in [-0.05, 0) is 74.4 Å². The quantitative estimate of drug-likeness (QED) is 0.0775. The van der Waals surface area contributed by atoms with Crippen LogP contribution in [0.25, 0.3) is 6.08 Å². The Morgan fingerprint density at radius 2 is 1.53 bits per heavy atom. The predicted octanol–water partition coefficient (Wildman–Crippen LogP) is 5.27. The monoisotopic (exact) mass is 583 g/mol. The second-order valence-corrected chi connectivity index (χ2v) is 9.21. The molecule has 0 aliphatic rings. The van der Waals surface area contributed by atoms with E-state index in [1.165, 1.54) is 43.3 Å². The highest BCUT2D eigenvalue weighted by atomic mass is 16.6. The first-order chi connectivity index (χ1) is 20.6. The fourth-order valence-corrected chi connectivity index (χ4v) is 3.87. The summed E-state index contributed by atoms with van der Waals surface area (Å²) in [5, 5.41) is 7.44. The Hall–Kier alpha value is -5.51. The maximum atomic E-state index is 13.5. The first-order valence-corrected chi connectivity index (χ1v) is 13.4. The molecule has 43 heavy (non-hydrogen) atoms. The van der Waals surface area contributed by atoms with Crippen molar-refractivity contribution in [1.82, 2.24) is 4.90 Å². The molecule has 2 amide bonds. The molecule has 0 radical (unpaired) electrons. The van der Waals surface area contributed by atoms with Crippen molar-refractivity contribution in [3.63, 3.8) is 0 Å². The van der Waals surface area contributed by atoms with Crippen LogP contribution >= 0.6 is 0 Å². The molecule has 0 heterocycles. The van der Waals surface area contributed by atoms with Crippen LogP contribution in [-0.4, -0.2) is 47.3 Å². The van der Waals surface area contributed by atoms with Crippen molar-refractivity contribution in [1.29, 1.82) is 5.41 Å². The number of amidine groups is 1.